The van der Waals surface area contributed by atoms with Gasteiger partial charge in [-0.05, 0) is 32.0 Å². The van der Waals surface area contributed by atoms with E-state index >= 15 is 0 Å². The van der Waals surface area contributed by atoms with Gasteiger partial charge in [-0.25, -0.2) is 4.98 Å². The number of nitrogens with zero attached hydrogens (tertiary/aromatic N) is 1. The predicted octanol–water partition coefficient (Wildman–Crippen LogP) is 1.92. The number of anilines is 1. The zero-order valence-electron chi connectivity index (χ0n) is 9.16. The van der Waals surface area contributed by atoms with E-state index in [1.54, 1.807) is 11.3 Å². The van der Waals surface area contributed by atoms with Crippen molar-refractivity contribution in [3.05, 3.63) is 11.1 Å². The fourth-order valence-corrected chi connectivity index (χ4v) is 2.50. The summed E-state index contributed by atoms with van der Waals surface area (Å²) >= 11 is 6.72. The maximum atomic E-state index is 5.49. The Bertz CT molecular complexity index is 361. The summed E-state index contributed by atoms with van der Waals surface area (Å²) in [6, 6.07) is 0. The fraction of sp³-hybridized carbons (Fsp3) is 0.600. The van der Waals surface area contributed by atoms with Crippen LogP contribution in [0.4, 0.5) is 5.13 Å². The molecule has 16 heavy (non-hydrogen) atoms. The predicted molar refractivity (Wildman–Crippen MR) is 70.0 cm³/mol. The molecule has 2 N–H and O–H groups in total. The molecule has 6 heteroatoms. The largest absolute Gasteiger partial charge is 0.376 e. The lowest BCUT2D eigenvalue weighted by Gasteiger charge is -2.12. The van der Waals surface area contributed by atoms with E-state index < -0.39 is 0 Å². The lowest BCUT2D eigenvalue weighted by atomic mass is 10.2. The SMILES string of the molecule is Cc1csc(NC(=S)NC[C@H]2CCCO2)n1. The molecule has 1 atom stereocenters. The van der Waals surface area contributed by atoms with Crippen LogP contribution in [0.5, 0.6) is 0 Å². The first-order chi connectivity index (χ1) is 7.74. The van der Waals surface area contributed by atoms with Crippen LogP contribution in [0.1, 0.15) is 18.5 Å². The van der Waals surface area contributed by atoms with Gasteiger partial charge in [0.1, 0.15) is 0 Å². The van der Waals surface area contributed by atoms with Crippen LogP contribution < -0.4 is 10.6 Å². The lowest BCUT2D eigenvalue weighted by Crippen LogP contribution is -2.34. The number of aryl methyl sites for hydroxylation is 1. The summed E-state index contributed by atoms with van der Waals surface area (Å²) in [7, 11) is 0. The van der Waals surface area contributed by atoms with Gasteiger partial charge in [0, 0.05) is 18.5 Å². The van der Waals surface area contributed by atoms with Gasteiger partial charge >= 0.3 is 0 Å². The number of thiazole rings is 1. The Labute approximate surface area is 104 Å². The van der Waals surface area contributed by atoms with Crippen molar-refractivity contribution < 1.29 is 4.74 Å². The van der Waals surface area contributed by atoms with E-state index in [1.165, 1.54) is 0 Å². The number of aromatic nitrogens is 1. The molecule has 0 amide bonds. The molecule has 2 rings (SSSR count). The van der Waals surface area contributed by atoms with Gasteiger partial charge in [0.05, 0.1) is 11.8 Å². The average Bonchev–Trinajstić information content (AvgIpc) is 2.87. The highest BCUT2D eigenvalue weighted by Gasteiger charge is 2.15. The summed E-state index contributed by atoms with van der Waals surface area (Å²) in [5, 5.41) is 9.65. The van der Waals surface area contributed by atoms with Crippen molar-refractivity contribution in [1.82, 2.24) is 10.3 Å². The molecule has 0 bridgehead atoms. The van der Waals surface area contributed by atoms with Gasteiger partial charge in [-0.3, -0.25) is 0 Å². The van der Waals surface area contributed by atoms with Gasteiger partial charge in [0.2, 0.25) is 0 Å². The summed E-state index contributed by atoms with van der Waals surface area (Å²) in [5.41, 5.74) is 1.01. The van der Waals surface area contributed by atoms with E-state index in [9.17, 15) is 0 Å². The number of ether oxygens (including phenoxy) is 1. The van der Waals surface area contributed by atoms with Crippen LogP contribution in [-0.2, 0) is 4.74 Å². The highest BCUT2D eigenvalue weighted by Crippen LogP contribution is 2.14. The molecule has 1 saturated heterocycles. The first kappa shape index (κ1) is 11.8. The van der Waals surface area contributed by atoms with Crippen molar-refractivity contribution >= 4 is 33.8 Å². The quantitative estimate of drug-likeness (QED) is 0.810. The van der Waals surface area contributed by atoms with E-state index in [4.69, 9.17) is 17.0 Å². The summed E-state index contributed by atoms with van der Waals surface area (Å²) < 4.78 is 5.49. The van der Waals surface area contributed by atoms with Gasteiger partial charge in [-0.2, -0.15) is 0 Å². The number of hydrogen-bond acceptors (Lipinski definition) is 4. The second kappa shape index (κ2) is 5.56. The van der Waals surface area contributed by atoms with E-state index in [0.29, 0.717) is 11.2 Å². The molecule has 0 aromatic carbocycles. The van der Waals surface area contributed by atoms with Crippen molar-refractivity contribution in [2.24, 2.45) is 0 Å². The number of thiocarbonyl (C=S) groups is 1. The van der Waals surface area contributed by atoms with Gasteiger partial charge in [-0.15, -0.1) is 11.3 Å². The monoisotopic (exact) mass is 257 g/mol. The van der Waals surface area contributed by atoms with Gasteiger partial charge in [0.25, 0.3) is 0 Å². The Kier molecular flexibility index (Phi) is 4.09. The maximum Gasteiger partial charge on any atom is 0.189 e. The molecule has 4 nitrogen and oxygen atoms in total. The minimum Gasteiger partial charge on any atom is -0.376 e. The van der Waals surface area contributed by atoms with Crippen LogP contribution in [-0.4, -0.2) is 29.4 Å². The van der Waals surface area contributed by atoms with Crippen LogP contribution in [0.15, 0.2) is 5.38 Å². The Morgan fingerprint density at radius 2 is 2.62 bits per heavy atom. The van der Waals surface area contributed by atoms with Crippen LogP contribution in [0.3, 0.4) is 0 Å². The molecule has 2 heterocycles. The Balaban J connectivity index is 1.71. The third-order valence-electron chi connectivity index (χ3n) is 2.35. The highest BCUT2D eigenvalue weighted by molar-refractivity contribution is 7.80. The van der Waals surface area contributed by atoms with Crippen molar-refractivity contribution in [3.8, 4) is 0 Å². The Morgan fingerprint density at radius 1 is 1.75 bits per heavy atom. The molecule has 1 aromatic rings. The van der Waals surface area contributed by atoms with Gasteiger partial charge in [0.15, 0.2) is 10.2 Å². The Hall–Kier alpha value is -0.720. The second-order valence-corrected chi connectivity index (χ2v) is 5.03. The second-order valence-electron chi connectivity index (χ2n) is 3.76. The highest BCUT2D eigenvalue weighted by atomic mass is 32.1. The minimum absolute atomic E-state index is 0.304. The molecular weight excluding hydrogens is 242 g/mol. The fourth-order valence-electron chi connectivity index (χ4n) is 1.56. The van der Waals surface area contributed by atoms with Crippen LogP contribution in [0.2, 0.25) is 0 Å². The molecule has 1 aromatic heterocycles. The van der Waals surface area contributed by atoms with Crippen LogP contribution in [0, 0.1) is 6.92 Å². The summed E-state index contributed by atoms with van der Waals surface area (Å²) in [4.78, 5) is 4.28. The van der Waals surface area contributed by atoms with E-state index in [0.717, 1.165) is 36.8 Å². The average molecular weight is 257 g/mol. The van der Waals surface area contributed by atoms with Gasteiger partial charge < -0.3 is 15.4 Å². The van der Waals surface area contributed by atoms with Crippen molar-refractivity contribution in [2.75, 3.05) is 18.5 Å². The maximum absolute atomic E-state index is 5.49. The molecule has 0 saturated carbocycles. The minimum atomic E-state index is 0.304. The molecule has 0 radical (unpaired) electrons. The smallest absolute Gasteiger partial charge is 0.189 e. The first-order valence-electron chi connectivity index (χ1n) is 5.32. The normalized spacial score (nSPS) is 19.7. The molecule has 1 aliphatic rings. The third-order valence-corrected chi connectivity index (χ3v) is 3.48. The molecule has 1 fully saturated rings. The summed E-state index contributed by atoms with van der Waals surface area (Å²) in [5.74, 6) is 0. The molecule has 88 valence electrons. The van der Waals surface area contributed by atoms with E-state index in [2.05, 4.69) is 15.6 Å². The van der Waals surface area contributed by atoms with Gasteiger partial charge in [-0.1, -0.05) is 0 Å². The number of hydrogen-bond donors (Lipinski definition) is 2. The number of nitrogens with one attached hydrogen (secondary N) is 2. The molecule has 0 unspecified atom stereocenters. The molecule has 0 spiro atoms. The Morgan fingerprint density at radius 3 is 3.25 bits per heavy atom. The zero-order chi connectivity index (χ0) is 11.4. The lowest BCUT2D eigenvalue weighted by molar-refractivity contribution is 0.114. The van der Waals surface area contributed by atoms with Crippen LogP contribution >= 0.6 is 23.6 Å². The first-order valence-corrected chi connectivity index (χ1v) is 6.61. The van der Waals surface area contributed by atoms with Crippen molar-refractivity contribution in [2.45, 2.75) is 25.9 Å². The topological polar surface area (TPSA) is 46.2 Å². The molecule has 0 aliphatic carbocycles. The van der Waals surface area contributed by atoms with Crippen LogP contribution in [0.25, 0.3) is 0 Å². The summed E-state index contributed by atoms with van der Waals surface area (Å²) in [6.07, 6.45) is 2.57. The molecule has 1 aliphatic heterocycles. The standard InChI is InChI=1S/C10H15N3OS2/c1-7-6-16-10(12-7)13-9(15)11-5-8-3-2-4-14-8/h6,8H,2-5H2,1H3,(H2,11,12,13,15)/t8-/m1/s1. The zero-order valence-corrected chi connectivity index (χ0v) is 10.8. The summed E-state index contributed by atoms with van der Waals surface area (Å²) in [6.45, 7) is 3.61. The van der Waals surface area contributed by atoms with Crippen molar-refractivity contribution in [1.29, 1.82) is 0 Å². The van der Waals surface area contributed by atoms with Crippen molar-refractivity contribution in [3.63, 3.8) is 0 Å². The van der Waals surface area contributed by atoms with E-state index in [1.807, 2.05) is 12.3 Å². The number of rotatable bonds is 3. The third kappa shape index (κ3) is 3.40. The molecular formula is C10H15N3OS2. The van der Waals surface area contributed by atoms with E-state index in [-0.39, 0.29) is 0 Å².